The summed E-state index contributed by atoms with van der Waals surface area (Å²) in [7, 11) is -0.432. The van der Waals surface area contributed by atoms with Gasteiger partial charge in [-0.2, -0.15) is 12.7 Å². The molecule has 21 heavy (non-hydrogen) atoms. The number of para-hydroxylation sites is 1. The van der Waals surface area contributed by atoms with Gasteiger partial charge in [0.05, 0.1) is 5.69 Å². The molecule has 0 spiro atoms. The molecular weight excluding hydrogens is 293 g/mol. The van der Waals surface area contributed by atoms with Gasteiger partial charge in [0.15, 0.2) is 0 Å². The summed E-state index contributed by atoms with van der Waals surface area (Å²) >= 11 is 0. The molecule has 2 rings (SSSR count). The van der Waals surface area contributed by atoms with E-state index >= 15 is 0 Å². The molecule has 1 saturated heterocycles. The van der Waals surface area contributed by atoms with Gasteiger partial charge in [-0.25, -0.2) is 4.39 Å². The van der Waals surface area contributed by atoms with Gasteiger partial charge in [0.2, 0.25) is 0 Å². The van der Waals surface area contributed by atoms with Gasteiger partial charge in [-0.3, -0.25) is 4.31 Å². The van der Waals surface area contributed by atoms with Crippen LogP contribution in [0.15, 0.2) is 24.3 Å². The number of hydrogen-bond acceptors (Lipinski definition) is 3. The van der Waals surface area contributed by atoms with E-state index in [1.165, 1.54) is 23.5 Å². The van der Waals surface area contributed by atoms with Crippen molar-refractivity contribution in [3.05, 3.63) is 30.1 Å². The maximum atomic E-state index is 13.8. The molecule has 1 atom stereocenters. The summed E-state index contributed by atoms with van der Waals surface area (Å²) in [6, 6.07) is 5.91. The predicted molar refractivity (Wildman–Crippen MR) is 81.9 cm³/mol. The molecule has 1 aliphatic rings. The van der Waals surface area contributed by atoms with Crippen LogP contribution in [0.4, 0.5) is 10.1 Å². The molecular formula is C14H22FN3O2S. The number of rotatable bonds is 5. The lowest BCUT2D eigenvalue weighted by atomic mass is 10.00. The van der Waals surface area contributed by atoms with E-state index in [0.717, 1.165) is 23.7 Å². The van der Waals surface area contributed by atoms with Gasteiger partial charge in [0.25, 0.3) is 0 Å². The molecule has 7 heteroatoms. The molecule has 1 unspecified atom stereocenters. The van der Waals surface area contributed by atoms with Crippen LogP contribution in [-0.2, 0) is 10.2 Å². The molecule has 0 aliphatic carbocycles. The Kier molecular flexibility index (Phi) is 5.18. The number of nitrogens with zero attached hydrogens (tertiary/aromatic N) is 2. The zero-order chi connectivity index (χ0) is 15.5. The van der Waals surface area contributed by atoms with Crippen molar-refractivity contribution in [2.75, 3.05) is 38.0 Å². The number of anilines is 1. The standard InChI is InChI=1S/C14H22FN3O2S/c1-16-10-12-6-5-9-18(11-12)21(19,20)17(2)14-8-4-3-7-13(14)15/h3-4,7-8,12,16H,5-6,9-11H2,1-2H3. The fourth-order valence-electron chi connectivity index (χ4n) is 2.70. The van der Waals surface area contributed by atoms with Crippen molar-refractivity contribution >= 4 is 15.9 Å². The first-order valence-electron chi connectivity index (χ1n) is 7.10. The topological polar surface area (TPSA) is 52.7 Å². The van der Waals surface area contributed by atoms with E-state index in [2.05, 4.69) is 5.32 Å². The Balaban J connectivity index is 2.19. The number of nitrogens with one attached hydrogen (secondary N) is 1. The van der Waals surface area contributed by atoms with Crippen LogP contribution in [-0.4, -0.2) is 46.5 Å². The summed E-state index contributed by atoms with van der Waals surface area (Å²) in [6.07, 6.45) is 1.84. The first kappa shape index (κ1) is 16.2. The molecule has 1 aliphatic heterocycles. The molecule has 1 aromatic rings. The molecule has 0 aromatic heterocycles. The van der Waals surface area contributed by atoms with E-state index in [0.29, 0.717) is 19.0 Å². The molecule has 1 heterocycles. The quantitative estimate of drug-likeness (QED) is 0.894. The Hall–Kier alpha value is -1.18. The van der Waals surface area contributed by atoms with Crippen LogP contribution in [0.2, 0.25) is 0 Å². The smallest absolute Gasteiger partial charge is 0.303 e. The lowest BCUT2D eigenvalue weighted by Gasteiger charge is -2.35. The van der Waals surface area contributed by atoms with E-state index in [1.807, 2.05) is 7.05 Å². The van der Waals surface area contributed by atoms with Crippen molar-refractivity contribution in [2.45, 2.75) is 12.8 Å². The van der Waals surface area contributed by atoms with E-state index in [9.17, 15) is 12.8 Å². The summed E-state index contributed by atoms with van der Waals surface area (Å²) in [5.74, 6) is -0.236. The van der Waals surface area contributed by atoms with Gasteiger partial charge in [-0.1, -0.05) is 12.1 Å². The lowest BCUT2D eigenvalue weighted by Crippen LogP contribution is -2.48. The average Bonchev–Trinajstić information content (AvgIpc) is 2.48. The molecule has 5 nitrogen and oxygen atoms in total. The van der Waals surface area contributed by atoms with E-state index in [4.69, 9.17) is 0 Å². The molecule has 0 amide bonds. The van der Waals surface area contributed by atoms with E-state index in [1.54, 1.807) is 12.1 Å². The van der Waals surface area contributed by atoms with Gasteiger partial charge >= 0.3 is 10.2 Å². The minimum Gasteiger partial charge on any atom is -0.319 e. The van der Waals surface area contributed by atoms with Crippen LogP contribution >= 0.6 is 0 Å². The predicted octanol–water partition coefficient (Wildman–Crippen LogP) is 1.44. The number of piperidine rings is 1. The van der Waals surface area contributed by atoms with Crippen LogP contribution in [0.25, 0.3) is 0 Å². The van der Waals surface area contributed by atoms with Crippen LogP contribution in [0.3, 0.4) is 0 Å². The molecule has 1 aromatic carbocycles. The van der Waals surface area contributed by atoms with Crippen molar-refractivity contribution in [1.82, 2.24) is 9.62 Å². The highest BCUT2D eigenvalue weighted by molar-refractivity contribution is 7.90. The van der Waals surface area contributed by atoms with Crippen LogP contribution in [0.1, 0.15) is 12.8 Å². The van der Waals surface area contributed by atoms with Crippen molar-refractivity contribution in [2.24, 2.45) is 5.92 Å². The minimum atomic E-state index is -3.69. The second kappa shape index (κ2) is 6.72. The molecule has 1 N–H and O–H groups in total. The zero-order valence-electron chi connectivity index (χ0n) is 12.4. The molecule has 118 valence electrons. The Morgan fingerprint density at radius 2 is 2.14 bits per heavy atom. The fraction of sp³-hybridized carbons (Fsp3) is 0.571. The highest BCUT2D eigenvalue weighted by Gasteiger charge is 2.32. The second-order valence-electron chi connectivity index (χ2n) is 5.35. The first-order valence-corrected chi connectivity index (χ1v) is 8.49. The highest BCUT2D eigenvalue weighted by atomic mass is 32.2. The Bertz CT molecular complexity index is 577. The Morgan fingerprint density at radius 3 is 2.81 bits per heavy atom. The third kappa shape index (κ3) is 3.53. The van der Waals surface area contributed by atoms with Gasteiger partial charge in [0.1, 0.15) is 5.82 Å². The number of hydrogen-bond donors (Lipinski definition) is 1. The Labute approximate surface area is 125 Å². The van der Waals surface area contributed by atoms with Crippen LogP contribution < -0.4 is 9.62 Å². The summed E-state index contributed by atoms with van der Waals surface area (Å²) < 4.78 is 41.6. The fourth-order valence-corrected chi connectivity index (χ4v) is 4.20. The van der Waals surface area contributed by atoms with Gasteiger partial charge < -0.3 is 5.32 Å². The maximum absolute atomic E-state index is 13.8. The lowest BCUT2D eigenvalue weighted by molar-refractivity contribution is 0.263. The van der Waals surface area contributed by atoms with Crippen molar-refractivity contribution in [3.63, 3.8) is 0 Å². The van der Waals surface area contributed by atoms with E-state index < -0.39 is 16.0 Å². The number of halogens is 1. The third-order valence-corrected chi connectivity index (χ3v) is 5.71. The first-order chi connectivity index (χ1) is 9.96. The van der Waals surface area contributed by atoms with Crippen LogP contribution in [0, 0.1) is 11.7 Å². The number of benzene rings is 1. The van der Waals surface area contributed by atoms with Crippen LogP contribution in [0.5, 0.6) is 0 Å². The average molecular weight is 315 g/mol. The highest BCUT2D eigenvalue weighted by Crippen LogP contribution is 2.25. The summed E-state index contributed by atoms with van der Waals surface area (Å²) in [4.78, 5) is 0. The second-order valence-corrected chi connectivity index (χ2v) is 7.31. The SMILES string of the molecule is CNCC1CCCN(S(=O)(=O)N(C)c2ccccc2F)C1. The monoisotopic (exact) mass is 315 g/mol. The van der Waals surface area contributed by atoms with Crippen molar-refractivity contribution < 1.29 is 12.8 Å². The normalized spacial score (nSPS) is 20.4. The molecule has 1 fully saturated rings. The minimum absolute atomic E-state index is 0.0771. The zero-order valence-corrected chi connectivity index (χ0v) is 13.2. The summed E-state index contributed by atoms with van der Waals surface area (Å²) in [6.45, 7) is 1.75. The summed E-state index contributed by atoms with van der Waals surface area (Å²) in [5.41, 5.74) is 0.0771. The van der Waals surface area contributed by atoms with Gasteiger partial charge in [-0.15, -0.1) is 0 Å². The maximum Gasteiger partial charge on any atom is 0.303 e. The molecule has 0 bridgehead atoms. The van der Waals surface area contributed by atoms with Crippen molar-refractivity contribution in [3.8, 4) is 0 Å². The molecule has 0 radical (unpaired) electrons. The van der Waals surface area contributed by atoms with E-state index in [-0.39, 0.29) is 5.69 Å². The van der Waals surface area contributed by atoms with Gasteiger partial charge in [-0.05, 0) is 44.5 Å². The van der Waals surface area contributed by atoms with Gasteiger partial charge in [0, 0.05) is 20.1 Å². The third-order valence-electron chi connectivity index (χ3n) is 3.84. The largest absolute Gasteiger partial charge is 0.319 e. The molecule has 0 saturated carbocycles. The van der Waals surface area contributed by atoms with Crippen molar-refractivity contribution in [1.29, 1.82) is 0 Å². The summed E-state index contributed by atoms with van der Waals surface area (Å²) in [5, 5.41) is 3.08. The Morgan fingerprint density at radius 1 is 1.43 bits per heavy atom.